The predicted octanol–water partition coefficient (Wildman–Crippen LogP) is 4.99. The SMILES string of the molecule is Cc1cc(C(=O)N(Cc2ccco2)c2nc3c(C)cc(Cl)cc3s2)on1. The molecule has 3 heterocycles. The van der Waals surface area contributed by atoms with Crippen LogP contribution >= 0.6 is 22.9 Å². The molecule has 1 amide bonds. The number of rotatable bonds is 4. The van der Waals surface area contributed by atoms with Gasteiger partial charge in [0.1, 0.15) is 5.76 Å². The van der Waals surface area contributed by atoms with Crippen molar-refractivity contribution in [1.29, 1.82) is 0 Å². The van der Waals surface area contributed by atoms with Gasteiger partial charge >= 0.3 is 0 Å². The summed E-state index contributed by atoms with van der Waals surface area (Å²) in [6.07, 6.45) is 1.57. The quantitative estimate of drug-likeness (QED) is 0.493. The smallest absolute Gasteiger partial charge is 0.299 e. The molecule has 4 aromatic rings. The Kier molecular flexibility index (Phi) is 4.26. The summed E-state index contributed by atoms with van der Waals surface area (Å²) >= 11 is 7.54. The maximum Gasteiger partial charge on any atom is 0.299 e. The number of carbonyl (C=O) groups is 1. The minimum atomic E-state index is -0.329. The molecule has 1 aromatic carbocycles. The topological polar surface area (TPSA) is 72.4 Å². The third kappa shape index (κ3) is 3.11. The number of halogens is 1. The fraction of sp³-hybridized carbons (Fsp3) is 0.167. The van der Waals surface area contributed by atoms with Crippen molar-refractivity contribution in [1.82, 2.24) is 10.1 Å². The zero-order valence-electron chi connectivity index (χ0n) is 14.0. The van der Waals surface area contributed by atoms with Gasteiger partial charge in [-0.05, 0) is 43.7 Å². The minimum Gasteiger partial charge on any atom is -0.467 e. The van der Waals surface area contributed by atoms with Gasteiger partial charge in [-0.15, -0.1) is 0 Å². The summed E-state index contributed by atoms with van der Waals surface area (Å²) in [5, 5.41) is 4.98. The van der Waals surface area contributed by atoms with E-state index in [0.717, 1.165) is 15.8 Å². The second-order valence-electron chi connectivity index (χ2n) is 5.87. The van der Waals surface area contributed by atoms with Crippen LogP contribution in [0.3, 0.4) is 0 Å². The van der Waals surface area contributed by atoms with Crippen LogP contribution in [0.15, 0.2) is 45.5 Å². The molecule has 0 aliphatic rings. The number of anilines is 1. The molecule has 0 aliphatic heterocycles. The summed E-state index contributed by atoms with van der Waals surface area (Å²) in [7, 11) is 0. The van der Waals surface area contributed by atoms with Gasteiger partial charge in [0, 0.05) is 11.1 Å². The molecule has 0 aliphatic carbocycles. The van der Waals surface area contributed by atoms with Crippen molar-refractivity contribution >= 4 is 44.2 Å². The van der Waals surface area contributed by atoms with Gasteiger partial charge in [0.15, 0.2) is 5.13 Å². The Morgan fingerprint density at radius 2 is 2.15 bits per heavy atom. The van der Waals surface area contributed by atoms with E-state index < -0.39 is 0 Å². The third-order valence-corrected chi connectivity index (χ3v) is 5.09. The monoisotopic (exact) mass is 387 g/mol. The van der Waals surface area contributed by atoms with Crippen LogP contribution in [0.4, 0.5) is 5.13 Å². The first kappa shape index (κ1) is 16.8. The average Bonchev–Trinajstić information content (AvgIpc) is 3.32. The number of benzene rings is 1. The molecular formula is C18H14ClN3O3S. The second kappa shape index (κ2) is 6.59. The molecule has 4 rings (SSSR count). The first-order chi connectivity index (χ1) is 12.5. The van der Waals surface area contributed by atoms with Gasteiger partial charge in [0.2, 0.25) is 5.76 Å². The molecule has 0 atom stereocenters. The lowest BCUT2D eigenvalue weighted by molar-refractivity contribution is 0.0947. The van der Waals surface area contributed by atoms with Crippen molar-refractivity contribution in [2.45, 2.75) is 20.4 Å². The summed E-state index contributed by atoms with van der Waals surface area (Å²) < 4.78 is 11.5. The Hall–Kier alpha value is -2.64. The highest BCUT2D eigenvalue weighted by molar-refractivity contribution is 7.22. The number of fused-ring (bicyclic) bond motifs is 1. The Balaban J connectivity index is 1.79. The number of hydrogen-bond acceptors (Lipinski definition) is 6. The Morgan fingerprint density at radius 1 is 1.31 bits per heavy atom. The van der Waals surface area contributed by atoms with Gasteiger partial charge < -0.3 is 8.94 Å². The molecule has 0 saturated heterocycles. The molecule has 0 N–H and O–H groups in total. The number of aryl methyl sites for hydroxylation is 2. The number of hydrogen-bond donors (Lipinski definition) is 0. The molecule has 0 saturated carbocycles. The lowest BCUT2D eigenvalue weighted by Crippen LogP contribution is -2.29. The zero-order chi connectivity index (χ0) is 18.3. The van der Waals surface area contributed by atoms with Crippen LogP contribution in [0.1, 0.15) is 27.6 Å². The average molecular weight is 388 g/mol. The van der Waals surface area contributed by atoms with Crippen LogP contribution in [0.25, 0.3) is 10.2 Å². The van der Waals surface area contributed by atoms with Crippen LogP contribution in [0.2, 0.25) is 5.02 Å². The molecule has 8 heteroatoms. The highest BCUT2D eigenvalue weighted by Gasteiger charge is 2.26. The van der Waals surface area contributed by atoms with Gasteiger partial charge in [-0.2, -0.15) is 0 Å². The molecule has 6 nitrogen and oxygen atoms in total. The van der Waals surface area contributed by atoms with E-state index in [2.05, 4.69) is 10.1 Å². The van der Waals surface area contributed by atoms with Gasteiger partial charge in [-0.25, -0.2) is 4.98 Å². The highest BCUT2D eigenvalue weighted by atomic mass is 35.5. The molecule has 0 fully saturated rings. The fourth-order valence-electron chi connectivity index (χ4n) is 2.64. The maximum absolute atomic E-state index is 13.0. The van der Waals surface area contributed by atoms with Crippen molar-refractivity contribution in [3.63, 3.8) is 0 Å². The van der Waals surface area contributed by atoms with E-state index in [1.165, 1.54) is 16.2 Å². The van der Waals surface area contributed by atoms with Crippen molar-refractivity contribution in [2.24, 2.45) is 0 Å². The van der Waals surface area contributed by atoms with Gasteiger partial charge in [0.25, 0.3) is 5.91 Å². The Bertz CT molecular complexity index is 1080. The number of nitrogens with zero attached hydrogens (tertiary/aromatic N) is 3. The Morgan fingerprint density at radius 3 is 2.85 bits per heavy atom. The summed E-state index contributed by atoms with van der Waals surface area (Å²) in [6.45, 7) is 3.94. The van der Waals surface area contributed by atoms with Crippen LogP contribution in [0, 0.1) is 13.8 Å². The summed E-state index contributed by atoms with van der Waals surface area (Å²) in [6, 6.07) is 8.89. The summed E-state index contributed by atoms with van der Waals surface area (Å²) in [5.74, 6) is 0.469. The van der Waals surface area contributed by atoms with Crippen LogP contribution in [-0.4, -0.2) is 16.0 Å². The van der Waals surface area contributed by atoms with Gasteiger partial charge in [-0.3, -0.25) is 9.69 Å². The van der Waals surface area contributed by atoms with Crippen LogP contribution < -0.4 is 4.90 Å². The summed E-state index contributed by atoms with van der Waals surface area (Å²) in [5.41, 5.74) is 2.41. The molecular weight excluding hydrogens is 374 g/mol. The molecule has 26 heavy (non-hydrogen) atoms. The van der Waals surface area contributed by atoms with E-state index in [9.17, 15) is 4.79 Å². The number of thiazole rings is 1. The van der Waals surface area contributed by atoms with E-state index in [4.69, 9.17) is 20.5 Å². The summed E-state index contributed by atoms with van der Waals surface area (Å²) in [4.78, 5) is 19.2. The second-order valence-corrected chi connectivity index (χ2v) is 7.31. The van der Waals surface area contributed by atoms with E-state index in [0.29, 0.717) is 21.6 Å². The third-order valence-electron chi connectivity index (χ3n) is 3.85. The predicted molar refractivity (Wildman–Crippen MR) is 99.8 cm³/mol. The standard InChI is InChI=1S/C18H14ClN3O3S/c1-10-6-12(19)8-15-16(10)20-18(26-15)22(9-13-4-3-5-24-13)17(23)14-7-11(2)21-25-14/h3-8H,9H2,1-2H3. The normalized spacial score (nSPS) is 11.2. The molecule has 0 radical (unpaired) electrons. The minimum absolute atomic E-state index is 0.156. The molecule has 3 aromatic heterocycles. The molecule has 0 bridgehead atoms. The number of aromatic nitrogens is 2. The lowest BCUT2D eigenvalue weighted by Gasteiger charge is -2.16. The molecule has 132 valence electrons. The number of carbonyl (C=O) groups excluding carboxylic acids is 1. The fourth-order valence-corrected chi connectivity index (χ4v) is 4.06. The largest absolute Gasteiger partial charge is 0.467 e. The van der Waals surface area contributed by atoms with Crippen molar-refractivity contribution in [3.05, 3.63) is 64.4 Å². The number of furan rings is 1. The molecule has 0 spiro atoms. The highest BCUT2D eigenvalue weighted by Crippen LogP contribution is 2.34. The molecule has 0 unspecified atom stereocenters. The van der Waals surface area contributed by atoms with E-state index >= 15 is 0 Å². The van der Waals surface area contributed by atoms with Crippen molar-refractivity contribution < 1.29 is 13.7 Å². The lowest BCUT2D eigenvalue weighted by atomic mass is 10.2. The van der Waals surface area contributed by atoms with Crippen molar-refractivity contribution in [3.8, 4) is 0 Å². The van der Waals surface area contributed by atoms with Crippen LogP contribution in [0.5, 0.6) is 0 Å². The first-order valence-corrected chi connectivity index (χ1v) is 9.05. The van der Waals surface area contributed by atoms with Crippen molar-refractivity contribution in [2.75, 3.05) is 4.90 Å². The maximum atomic E-state index is 13.0. The van der Waals surface area contributed by atoms with Gasteiger partial charge in [-0.1, -0.05) is 28.1 Å². The van der Waals surface area contributed by atoms with Crippen LogP contribution in [-0.2, 0) is 6.54 Å². The van der Waals surface area contributed by atoms with Gasteiger partial charge in [0.05, 0.1) is 28.7 Å². The van der Waals surface area contributed by atoms with E-state index in [1.54, 1.807) is 31.4 Å². The van der Waals surface area contributed by atoms with E-state index in [-0.39, 0.29) is 18.2 Å². The Labute approximate surface area is 158 Å². The number of amides is 1. The zero-order valence-corrected chi connectivity index (χ0v) is 15.6. The first-order valence-electron chi connectivity index (χ1n) is 7.85. The van der Waals surface area contributed by atoms with E-state index in [1.807, 2.05) is 19.1 Å².